The van der Waals surface area contributed by atoms with Crippen LogP contribution in [-0.2, 0) is 20.0 Å². The zero-order chi connectivity index (χ0) is 11.8. The van der Waals surface area contributed by atoms with E-state index in [0.717, 1.165) is 30.9 Å². The molecule has 1 aliphatic rings. The van der Waals surface area contributed by atoms with Gasteiger partial charge in [0.15, 0.2) is 0 Å². The van der Waals surface area contributed by atoms with Crippen LogP contribution in [-0.4, -0.2) is 16.3 Å². The summed E-state index contributed by atoms with van der Waals surface area (Å²) in [5.41, 5.74) is 10.5. The average molecular weight is 228 g/mol. The van der Waals surface area contributed by atoms with Crippen LogP contribution in [0.5, 0.6) is 0 Å². The maximum absolute atomic E-state index is 5.99. The Morgan fingerprint density at radius 2 is 2.24 bits per heavy atom. The molecule has 4 nitrogen and oxygen atoms in total. The fourth-order valence-corrected chi connectivity index (χ4v) is 2.44. The third kappa shape index (κ3) is 1.75. The van der Waals surface area contributed by atoms with Crippen LogP contribution < -0.4 is 10.6 Å². The number of aryl methyl sites for hydroxylation is 1. The van der Waals surface area contributed by atoms with E-state index in [2.05, 4.69) is 22.1 Å². The van der Waals surface area contributed by atoms with Crippen LogP contribution in [0.15, 0.2) is 30.5 Å². The highest BCUT2D eigenvalue weighted by Crippen LogP contribution is 2.32. The molecule has 0 amide bonds. The second-order valence-electron chi connectivity index (χ2n) is 4.50. The number of rotatable bonds is 2. The fourth-order valence-electron chi connectivity index (χ4n) is 2.44. The molecule has 0 radical (unpaired) electrons. The first-order valence-corrected chi connectivity index (χ1v) is 5.85. The van der Waals surface area contributed by atoms with Crippen molar-refractivity contribution in [2.24, 2.45) is 7.05 Å². The second-order valence-corrected chi connectivity index (χ2v) is 4.50. The molecule has 2 aromatic rings. The molecule has 88 valence electrons. The van der Waals surface area contributed by atoms with Crippen LogP contribution >= 0.6 is 0 Å². The summed E-state index contributed by atoms with van der Waals surface area (Å²) in [6.45, 7) is 1.89. The molecule has 1 aromatic heterocycles. The van der Waals surface area contributed by atoms with Crippen LogP contribution in [0.1, 0.15) is 11.3 Å². The lowest BCUT2D eigenvalue weighted by Gasteiger charge is -2.18. The Balaban J connectivity index is 1.86. The Morgan fingerprint density at radius 3 is 3.00 bits per heavy atom. The van der Waals surface area contributed by atoms with E-state index < -0.39 is 0 Å². The summed E-state index contributed by atoms with van der Waals surface area (Å²) in [5.74, 6) is 0. The molecule has 1 aliphatic heterocycles. The van der Waals surface area contributed by atoms with Crippen molar-refractivity contribution >= 4 is 11.4 Å². The lowest BCUT2D eigenvalue weighted by molar-refractivity contribution is 0.725. The maximum Gasteiger partial charge on any atom is 0.0817 e. The van der Waals surface area contributed by atoms with Crippen molar-refractivity contribution in [2.45, 2.75) is 13.0 Å². The highest BCUT2D eigenvalue weighted by atomic mass is 15.3. The third-order valence-corrected chi connectivity index (χ3v) is 3.28. The molecule has 0 aliphatic carbocycles. The van der Waals surface area contributed by atoms with Crippen molar-refractivity contribution in [3.8, 4) is 0 Å². The Kier molecular flexibility index (Phi) is 2.28. The van der Waals surface area contributed by atoms with Crippen LogP contribution in [0.25, 0.3) is 0 Å². The summed E-state index contributed by atoms with van der Waals surface area (Å²) in [6.07, 6.45) is 3.01. The Morgan fingerprint density at radius 1 is 1.35 bits per heavy atom. The van der Waals surface area contributed by atoms with E-state index in [9.17, 15) is 0 Å². The molecule has 2 heterocycles. The van der Waals surface area contributed by atoms with Crippen LogP contribution in [0.4, 0.5) is 11.4 Å². The van der Waals surface area contributed by atoms with Crippen LogP contribution in [0, 0.1) is 0 Å². The normalized spacial score (nSPS) is 14.1. The van der Waals surface area contributed by atoms with Gasteiger partial charge in [-0.25, -0.2) is 0 Å². The standard InChI is InChI=1S/C13H16N4/c1-16-7-5-10(15-16)9-17-8-6-11-12(14)3-2-4-13(11)17/h2-5,7H,6,8-9,14H2,1H3. The SMILES string of the molecule is Cn1ccc(CN2CCc3c(N)cccc32)n1. The number of anilines is 2. The highest BCUT2D eigenvalue weighted by Gasteiger charge is 2.21. The van der Waals surface area contributed by atoms with E-state index in [1.54, 1.807) is 0 Å². The largest absolute Gasteiger partial charge is 0.398 e. The monoisotopic (exact) mass is 228 g/mol. The first-order chi connectivity index (χ1) is 8.24. The molecule has 0 saturated carbocycles. The van der Waals surface area contributed by atoms with Gasteiger partial charge in [0.2, 0.25) is 0 Å². The average Bonchev–Trinajstić information content (AvgIpc) is 2.88. The summed E-state index contributed by atoms with van der Waals surface area (Å²) >= 11 is 0. The van der Waals surface area contributed by atoms with Gasteiger partial charge in [0.1, 0.15) is 0 Å². The second kappa shape index (κ2) is 3.80. The van der Waals surface area contributed by atoms with Crippen molar-refractivity contribution < 1.29 is 0 Å². The molecule has 2 N–H and O–H groups in total. The molecule has 1 aromatic carbocycles. The molecular weight excluding hydrogens is 212 g/mol. The number of hydrogen-bond acceptors (Lipinski definition) is 3. The zero-order valence-corrected chi connectivity index (χ0v) is 9.93. The molecule has 4 heteroatoms. The number of aromatic nitrogens is 2. The molecule has 0 saturated heterocycles. The summed E-state index contributed by atoms with van der Waals surface area (Å²) in [6, 6.07) is 8.19. The minimum Gasteiger partial charge on any atom is -0.398 e. The molecule has 0 atom stereocenters. The van der Waals surface area contributed by atoms with Gasteiger partial charge in [-0.3, -0.25) is 4.68 Å². The van der Waals surface area contributed by atoms with Crippen molar-refractivity contribution in [3.05, 3.63) is 41.7 Å². The maximum atomic E-state index is 5.99. The van der Waals surface area contributed by atoms with Crippen molar-refractivity contribution in [1.29, 1.82) is 0 Å². The van der Waals surface area contributed by atoms with E-state index >= 15 is 0 Å². The molecule has 0 unspecified atom stereocenters. The van der Waals surface area contributed by atoms with Crippen LogP contribution in [0.3, 0.4) is 0 Å². The predicted molar refractivity (Wildman–Crippen MR) is 68.8 cm³/mol. The van der Waals surface area contributed by atoms with Crippen molar-refractivity contribution in [3.63, 3.8) is 0 Å². The van der Waals surface area contributed by atoms with Crippen molar-refractivity contribution in [2.75, 3.05) is 17.2 Å². The summed E-state index contributed by atoms with van der Waals surface area (Å²) < 4.78 is 1.84. The van der Waals surface area contributed by atoms with E-state index in [1.165, 1.54) is 11.3 Å². The Bertz CT molecular complexity index is 544. The van der Waals surface area contributed by atoms with E-state index in [1.807, 2.05) is 30.1 Å². The van der Waals surface area contributed by atoms with E-state index in [0.29, 0.717) is 0 Å². The third-order valence-electron chi connectivity index (χ3n) is 3.28. The van der Waals surface area contributed by atoms with Gasteiger partial charge in [0, 0.05) is 36.7 Å². The van der Waals surface area contributed by atoms with E-state index in [-0.39, 0.29) is 0 Å². The smallest absolute Gasteiger partial charge is 0.0817 e. The van der Waals surface area contributed by atoms with Gasteiger partial charge in [-0.05, 0) is 24.6 Å². The van der Waals surface area contributed by atoms with Crippen molar-refractivity contribution in [1.82, 2.24) is 9.78 Å². The van der Waals surface area contributed by atoms with Gasteiger partial charge >= 0.3 is 0 Å². The predicted octanol–water partition coefficient (Wildman–Crippen LogP) is 1.56. The Labute approximate surface area is 101 Å². The minimum absolute atomic E-state index is 0.858. The number of nitrogen functional groups attached to an aromatic ring is 1. The fraction of sp³-hybridized carbons (Fsp3) is 0.308. The van der Waals surface area contributed by atoms with Gasteiger partial charge in [-0.15, -0.1) is 0 Å². The van der Waals surface area contributed by atoms with Crippen LogP contribution in [0.2, 0.25) is 0 Å². The zero-order valence-electron chi connectivity index (χ0n) is 9.93. The Hall–Kier alpha value is -1.97. The number of fused-ring (bicyclic) bond motifs is 1. The summed E-state index contributed by atoms with van der Waals surface area (Å²) in [7, 11) is 1.94. The van der Waals surface area contributed by atoms with Gasteiger partial charge < -0.3 is 10.6 Å². The minimum atomic E-state index is 0.858. The van der Waals surface area contributed by atoms with E-state index in [4.69, 9.17) is 5.73 Å². The topological polar surface area (TPSA) is 47.1 Å². The van der Waals surface area contributed by atoms with Gasteiger partial charge in [0.05, 0.1) is 12.2 Å². The highest BCUT2D eigenvalue weighted by molar-refractivity contribution is 5.68. The molecular formula is C13H16N4. The van der Waals surface area contributed by atoms with Gasteiger partial charge in [-0.2, -0.15) is 5.10 Å². The molecule has 17 heavy (non-hydrogen) atoms. The number of hydrogen-bond donors (Lipinski definition) is 1. The molecule has 0 bridgehead atoms. The first-order valence-electron chi connectivity index (χ1n) is 5.85. The lowest BCUT2D eigenvalue weighted by atomic mass is 10.1. The quantitative estimate of drug-likeness (QED) is 0.794. The summed E-state index contributed by atoms with van der Waals surface area (Å²) in [5, 5.41) is 4.41. The molecule has 0 spiro atoms. The lowest BCUT2D eigenvalue weighted by Crippen LogP contribution is -2.20. The molecule has 0 fully saturated rings. The first kappa shape index (κ1) is 10.2. The number of nitrogens with zero attached hydrogens (tertiary/aromatic N) is 3. The van der Waals surface area contributed by atoms with Gasteiger partial charge in [-0.1, -0.05) is 6.07 Å². The molecule has 3 rings (SSSR count). The van der Waals surface area contributed by atoms with Gasteiger partial charge in [0.25, 0.3) is 0 Å². The number of nitrogens with two attached hydrogens (primary N) is 1. The summed E-state index contributed by atoms with van der Waals surface area (Å²) in [4.78, 5) is 2.34. The number of benzene rings is 1.